The molecule has 0 saturated carbocycles. The summed E-state index contributed by atoms with van der Waals surface area (Å²) in [5, 5.41) is 39.8. The molecule has 0 spiro atoms. The minimum Gasteiger partial charge on any atom is -0.479 e. The van der Waals surface area contributed by atoms with Gasteiger partial charge in [-0.05, 0) is 89.9 Å². The number of carbonyl (C=O) groups excluding carboxylic acids is 2. The number of hydrogen-bond acceptors (Lipinski definition) is 10. The zero-order chi connectivity index (χ0) is 43.9. The van der Waals surface area contributed by atoms with E-state index in [1.807, 2.05) is 24.3 Å². The zero-order valence-corrected chi connectivity index (χ0v) is 35.9. The van der Waals surface area contributed by atoms with E-state index in [1.54, 1.807) is 0 Å². The van der Waals surface area contributed by atoms with Gasteiger partial charge in [0.25, 0.3) is 0 Å². The van der Waals surface area contributed by atoms with E-state index in [4.69, 9.17) is 18.9 Å². The largest absolute Gasteiger partial charge is 0.479 e. The molecule has 4 N–H and O–H groups in total. The number of hydrogen-bond donors (Lipinski definition) is 4. The molecule has 334 valence electrons. The third kappa shape index (κ3) is 28.9. The number of carboxylic acid groups (broad SMARTS) is 1. The van der Waals surface area contributed by atoms with Crippen molar-refractivity contribution in [1.29, 1.82) is 0 Å². The van der Waals surface area contributed by atoms with Gasteiger partial charge in [0.15, 0.2) is 18.5 Å². The maximum atomic E-state index is 12.7. The maximum absolute atomic E-state index is 12.7. The molecule has 60 heavy (non-hydrogen) atoms. The van der Waals surface area contributed by atoms with Crippen molar-refractivity contribution < 1.29 is 53.8 Å². The molecule has 0 aromatic heterocycles. The number of carboxylic acids is 1. The van der Waals surface area contributed by atoms with Crippen molar-refractivity contribution in [2.24, 2.45) is 0 Å². The molecule has 0 bridgehead atoms. The van der Waals surface area contributed by atoms with Crippen LogP contribution in [0.25, 0.3) is 0 Å². The monoisotopic (exact) mass is 837 g/mol. The second-order valence-electron chi connectivity index (χ2n) is 14.1. The summed E-state index contributed by atoms with van der Waals surface area (Å²) in [7, 11) is 0. The van der Waals surface area contributed by atoms with Crippen LogP contribution in [0, 0.1) is 0 Å². The standard InChI is InChI=1S/C49H72O11/c1-3-5-7-9-11-13-15-17-19-21-23-25-27-29-31-33-35-37-42(50)57-39-41(40-58-49-46(54)44(52)45(53)47(60-49)48(55)56)59-43(51)38-36-34-32-30-28-26-24-22-20-18-16-14-12-10-8-6-4-2/h5-8,11-14,17-20,23-26,29-32,41,44-47,49,52-54H,3-4,9-10,15-16,21-22,27-28,33-40H2,1-2H3,(H,55,56)/b7-5-,8-6-,13-11-,14-12-,19-17-,20-18-,25-23-,26-24-,31-29-,32-30-. The van der Waals surface area contributed by atoms with Gasteiger partial charge in [-0.15, -0.1) is 0 Å². The maximum Gasteiger partial charge on any atom is 0.335 e. The molecule has 0 radical (unpaired) electrons. The van der Waals surface area contributed by atoms with Crippen LogP contribution in [0.3, 0.4) is 0 Å². The Morgan fingerprint density at radius 1 is 0.517 bits per heavy atom. The fraction of sp³-hybridized carbons (Fsp3) is 0.531. The molecule has 1 fully saturated rings. The summed E-state index contributed by atoms with van der Waals surface area (Å²) in [5.41, 5.74) is 0. The van der Waals surface area contributed by atoms with E-state index >= 15 is 0 Å². The van der Waals surface area contributed by atoms with E-state index < -0.39 is 61.3 Å². The normalized spacial score (nSPS) is 21.0. The summed E-state index contributed by atoms with van der Waals surface area (Å²) in [6.45, 7) is 3.46. The first-order valence-electron chi connectivity index (χ1n) is 21.6. The molecule has 1 aliphatic rings. The number of unbranched alkanes of at least 4 members (excludes halogenated alkanes) is 2. The first kappa shape index (κ1) is 53.6. The average Bonchev–Trinajstić information content (AvgIpc) is 3.23. The topological polar surface area (TPSA) is 169 Å². The number of ether oxygens (including phenoxy) is 4. The van der Waals surface area contributed by atoms with E-state index in [9.17, 15) is 34.8 Å². The lowest BCUT2D eigenvalue weighted by Crippen LogP contribution is -2.60. The van der Waals surface area contributed by atoms with Gasteiger partial charge in [-0.3, -0.25) is 9.59 Å². The minimum absolute atomic E-state index is 0.0839. The van der Waals surface area contributed by atoms with Crippen LogP contribution in [0.1, 0.15) is 117 Å². The van der Waals surface area contributed by atoms with Crippen LogP contribution in [0.5, 0.6) is 0 Å². The summed E-state index contributed by atoms with van der Waals surface area (Å²) < 4.78 is 21.6. The molecule has 11 nitrogen and oxygen atoms in total. The number of esters is 2. The Hall–Kier alpha value is -4.39. The van der Waals surface area contributed by atoms with E-state index in [0.717, 1.165) is 64.2 Å². The SMILES string of the molecule is CC/C=C\C/C=C\C/C=C\C/C=C\C/C=C\CCCC(=O)OCC(COC1OC(C(=O)O)C(O)C(O)C1O)OC(=O)CCC/C=C\C/C=C\C/C=C\C/C=C\C/C=C\CC. The Balaban J connectivity index is 2.49. The molecule has 6 atom stereocenters. The number of rotatable bonds is 33. The van der Waals surface area contributed by atoms with Crippen LogP contribution in [-0.4, -0.2) is 88.4 Å². The fourth-order valence-electron chi connectivity index (χ4n) is 5.48. The Kier molecular flexibility index (Phi) is 33.6. The molecule has 1 heterocycles. The van der Waals surface area contributed by atoms with Gasteiger partial charge >= 0.3 is 17.9 Å². The van der Waals surface area contributed by atoms with Crippen molar-refractivity contribution in [3.8, 4) is 0 Å². The Labute approximate surface area is 358 Å². The number of aliphatic carboxylic acids is 1. The van der Waals surface area contributed by atoms with Crippen molar-refractivity contribution >= 4 is 17.9 Å². The lowest BCUT2D eigenvalue weighted by Gasteiger charge is -2.38. The average molecular weight is 837 g/mol. The zero-order valence-electron chi connectivity index (χ0n) is 35.9. The highest BCUT2D eigenvalue weighted by molar-refractivity contribution is 5.73. The molecule has 11 heteroatoms. The van der Waals surface area contributed by atoms with Crippen LogP contribution in [0.4, 0.5) is 0 Å². The van der Waals surface area contributed by atoms with Crippen LogP contribution >= 0.6 is 0 Å². The van der Waals surface area contributed by atoms with Crippen molar-refractivity contribution in [3.05, 3.63) is 122 Å². The first-order valence-corrected chi connectivity index (χ1v) is 21.6. The lowest BCUT2D eigenvalue weighted by atomic mass is 9.99. The minimum atomic E-state index is -1.88. The molecule has 1 aliphatic heterocycles. The van der Waals surface area contributed by atoms with Crippen LogP contribution in [0.2, 0.25) is 0 Å². The van der Waals surface area contributed by atoms with Crippen molar-refractivity contribution in [2.75, 3.05) is 13.2 Å². The van der Waals surface area contributed by atoms with Gasteiger partial charge in [0.05, 0.1) is 6.61 Å². The van der Waals surface area contributed by atoms with E-state index in [-0.39, 0.29) is 19.4 Å². The van der Waals surface area contributed by atoms with Crippen molar-refractivity contribution in [1.82, 2.24) is 0 Å². The number of carbonyl (C=O) groups is 3. The van der Waals surface area contributed by atoms with E-state index in [2.05, 4.69) is 111 Å². The third-order valence-corrected chi connectivity index (χ3v) is 8.81. The smallest absolute Gasteiger partial charge is 0.335 e. The molecule has 1 saturated heterocycles. The second kappa shape index (κ2) is 37.6. The number of aliphatic hydroxyl groups excluding tert-OH is 3. The van der Waals surface area contributed by atoms with Crippen LogP contribution in [-0.2, 0) is 33.3 Å². The quantitative estimate of drug-likeness (QED) is 0.0283. The Morgan fingerprint density at radius 3 is 1.30 bits per heavy atom. The molecule has 0 aromatic rings. The van der Waals surface area contributed by atoms with Gasteiger partial charge in [0.1, 0.15) is 24.9 Å². The summed E-state index contributed by atoms with van der Waals surface area (Å²) in [6.07, 6.45) is 44.0. The summed E-state index contributed by atoms with van der Waals surface area (Å²) in [6, 6.07) is 0. The van der Waals surface area contributed by atoms with Crippen LogP contribution < -0.4 is 0 Å². The van der Waals surface area contributed by atoms with Gasteiger partial charge in [-0.1, -0.05) is 135 Å². The Bertz CT molecular complexity index is 1450. The van der Waals surface area contributed by atoms with E-state index in [1.165, 1.54) is 0 Å². The van der Waals surface area contributed by atoms with Gasteiger partial charge in [-0.25, -0.2) is 4.79 Å². The number of aliphatic hydroxyl groups is 3. The lowest BCUT2D eigenvalue weighted by molar-refractivity contribution is -0.298. The predicted molar refractivity (Wildman–Crippen MR) is 238 cm³/mol. The first-order chi connectivity index (χ1) is 29.2. The Morgan fingerprint density at radius 2 is 0.900 bits per heavy atom. The summed E-state index contributed by atoms with van der Waals surface area (Å²) in [5.74, 6) is -2.62. The highest BCUT2D eigenvalue weighted by Gasteiger charge is 2.47. The second-order valence-corrected chi connectivity index (χ2v) is 14.1. The highest BCUT2D eigenvalue weighted by Crippen LogP contribution is 2.23. The molecule has 1 rings (SSSR count). The third-order valence-electron chi connectivity index (χ3n) is 8.81. The fourth-order valence-corrected chi connectivity index (χ4v) is 5.48. The van der Waals surface area contributed by atoms with E-state index in [0.29, 0.717) is 25.7 Å². The summed E-state index contributed by atoms with van der Waals surface area (Å²) in [4.78, 5) is 36.8. The molecule has 6 unspecified atom stereocenters. The highest BCUT2D eigenvalue weighted by atomic mass is 16.7. The molecular weight excluding hydrogens is 765 g/mol. The van der Waals surface area contributed by atoms with Gasteiger partial charge in [0.2, 0.25) is 0 Å². The molecule has 0 aliphatic carbocycles. The van der Waals surface area contributed by atoms with Gasteiger partial charge < -0.3 is 39.4 Å². The predicted octanol–water partition coefficient (Wildman–Crippen LogP) is 9.19. The molecule has 0 aromatic carbocycles. The molecule has 0 amide bonds. The van der Waals surface area contributed by atoms with Gasteiger partial charge in [0, 0.05) is 12.8 Å². The van der Waals surface area contributed by atoms with Gasteiger partial charge in [-0.2, -0.15) is 0 Å². The molecular formula is C49H72O11. The van der Waals surface area contributed by atoms with Crippen molar-refractivity contribution in [3.63, 3.8) is 0 Å². The van der Waals surface area contributed by atoms with Crippen LogP contribution in [0.15, 0.2) is 122 Å². The number of allylic oxidation sites excluding steroid dienone is 20. The van der Waals surface area contributed by atoms with Crippen molar-refractivity contribution in [2.45, 2.75) is 153 Å². The summed E-state index contributed by atoms with van der Waals surface area (Å²) >= 11 is 0.